The number of benzene rings is 1. The van der Waals surface area contributed by atoms with Gasteiger partial charge in [0.15, 0.2) is 10.9 Å². The number of aromatic nitrogens is 1. The van der Waals surface area contributed by atoms with Crippen LogP contribution in [0.3, 0.4) is 0 Å². The number of rotatable bonds is 12. The number of hydrogen-bond acceptors (Lipinski definition) is 8. The zero-order valence-electron chi connectivity index (χ0n) is 17.5. The number of nitrogens with two attached hydrogens (primary N) is 1. The summed E-state index contributed by atoms with van der Waals surface area (Å²) < 4.78 is 0. The summed E-state index contributed by atoms with van der Waals surface area (Å²) in [5.41, 5.74) is 6.13. The van der Waals surface area contributed by atoms with Crippen LogP contribution in [0.2, 0.25) is 0 Å². The molecule has 2 amide bonds. The van der Waals surface area contributed by atoms with E-state index in [0.29, 0.717) is 10.0 Å². The van der Waals surface area contributed by atoms with Crippen LogP contribution in [0.5, 0.6) is 5.75 Å². The van der Waals surface area contributed by atoms with E-state index in [0.717, 1.165) is 5.56 Å². The van der Waals surface area contributed by atoms with Crippen molar-refractivity contribution in [3.63, 3.8) is 0 Å². The highest BCUT2D eigenvalue weighted by Gasteiger charge is 2.25. The Kier molecular flexibility index (Phi) is 8.95. The molecule has 0 radical (unpaired) electrons. The van der Waals surface area contributed by atoms with Gasteiger partial charge in [0.1, 0.15) is 11.8 Å². The first-order chi connectivity index (χ1) is 14.7. The van der Waals surface area contributed by atoms with Crippen LogP contribution in [0.15, 0.2) is 30.5 Å². The fourth-order valence-corrected chi connectivity index (χ4v) is 3.66. The lowest BCUT2D eigenvalue weighted by molar-refractivity contribution is -0.129. The number of aliphatic hydroxyl groups excluding tert-OH is 1. The predicted molar refractivity (Wildman–Crippen MR) is 117 cm³/mol. The molecule has 6 N–H and O–H groups in total. The van der Waals surface area contributed by atoms with Crippen molar-refractivity contribution >= 4 is 34.1 Å². The number of ketones is 1. The number of nitrogens with one attached hydrogen (secondary N) is 2. The summed E-state index contributed by atoms with van der Waals surface area (Å²) >= 11 is 1.26. The zero-order valence-corrected chi connectivity index (χ0v) is 18.3. The molecular weight excluding hydrogens is 420 g/mol. The molecule has 1 unspecified atom stereocenters. The normalized spacial score (nSPS) is 12.9. The van der Waals surface area contributed by atoms with Gasteiger partial charge in [-0.1, -0.05) is 37.3 Å². The van der Waals surface area contributed by atoms with Gasteiger partial charge in [-0.3, -0.25) is 14.4 Å². The van der Waals surface area contributed by atoms with E-state index >= 15 is 0 Å². The minimum Gasteiger partial charge on any atom is -0.508 e. The summed E-state index contributed by atoms with van der Waals surface area (Å²) in [6, 6.07) is 4.80. The van der Waals surface area contributed by atoms with Crippen LogP contribution in [0.4, 0.5) is 5.13 Å². The van der Waals surface area contributed by atoms with Gasteiger partial charge in [0.2, 0.25) is 11.8 Å². The van der Waals surface area contributed by atoms with Crippen LogP contribution >= 0.6 is 11.3 Å². The molecule has 2 rings (SSSR count). The van der Waals surface area contributed by atoms with Crippen molar-refractivity contribution in [3.8, 4) is 5.75 Å². The number of aliphatic hydroxyl groups is 1. The summed E-state index contributed by atoms with van der Waals surface area (Å²) in [6.07, 6.45) is 1.64. The first-order valence-corrected chi connectivity index (χ1v) is 10.7. The van der Waals surface area contributed by atoms with Crippen molar-refractivity contribution in [2.75, 3.05) is 5.32 Å². The van der Waals surface area contributed by atoms with Crippen molar-refractivity contribution in [2.45, 2.75) is 51.8 Å². The number of nitrogens with zero attached hydrogens (tertiary/aromatic N) is 1. The lowest BCUT2D eigenvalue weighted by Gasteiger charge is -2.21. The van der Waals surface area contributed by atoms with E-state index < -0.39 is 23.9 Å². The van der Waals surface area contributed by atoms with E-state index in [9.17, 15) is 19.5 Å². The average Bonchev–Trinajstić information content (AvgIpc) is 3.19. The number of thiazole rings is 1. The molecule has 0 spiro atoms. The molecule has 2 atom stereocenters. The fraction of sp³-hybridized carbons (Fsp3) is 0.429. The minimum absolute atomic E-state index is 0.00932. The molecule has 1 aromatic heterocycles. The largest absolute Gasteiger partial charge is 0.508 e. The molecule has 31 heavy (non-hydrogen) atoms. The van der Waals surface area contributed by atoms with Gasteiger partial charge in [-0.05, 0) is 23.6 Å². The molecule has 0 aliphatic carbocycles. The molecule has 0 bridgehead atoms. The van der Waals surface area contributed by atoms with Crippen LogP contribution in [-0.2, 0) is 27.4 Å². The van der Waals surface area contributed by atoms with Crippen LogP contribution in [0.25, 0.3) is 0 Å². The Hall–Kier alpha value is -2.98. The number of aromatic hydroxyl groups is 1. The lowest BCUT2D eigenvalue weighted by atomic mass is 9.97. The van der Waals surface area contributed by atoms with Crippen molar-refractivity contribution in [3.05, 3.63) is 40.9 Å². The van der Waals surface area contributed by atoms with E-state index in [1.54, 1.807) is 18.3 Å². The van der Waals surface area contributed by atoms with Crippen LogP contribution in [-0.4, -0.2) is 44.9 Å². The van der Waals surface area contributed by atoms with Crippen molar-refractivity contribution in [1.82, 2.24) is 10.3 Å². The molecule has 0 saturated carbocycles. The Balaban J connectivity index is 1.90. The highest BCUT2D eigenvalue weighted by atomic mass is 32.1. The standard InChI is InChI=1S/C21H28N4O5S/c1-12(2)19(25-21-23-10-15(11-26)31-21)17(28)7-8-18(29)24-16(20(22)30)9-13-3-5-14(27)6-4-13/h3-6,10,12,16,19,26-27H,7-9,11H2,1-2H3,(H2,22,30)(H,23,25)(H,24,29)/t16-,19?/m0/s1. The van der Waals surface area contributed by atoms with Crippen LogP contribution < -0.4 is 16.4 Å². The number of carbonyl (C=O) groups is 3. The van der Waals surface area contributed by atoms with E-state index in [2.05, 4.69) is 15.6 Å². The second kappa shape index (κ2) is 11.4. The molecular formula is C21H28N4O5S. The van der Waals surface area contributed by atoms with Crippen molar-refractivity contribution < 1.29 is 24.6 Å². The summed E-state index contributed by atoms with van der Waals surface area (Å²) in [6.45, 7) is 3.65. The Morgan fingerprint density at radius 1 is 1.16 bits per heavy atom. The number of Topliss-reactive ketones (excluding diaryl/α,β-unsaturated/α-hetero) is 1. The van der Waals surface area contributed by atoms with Crippen molar-refractivity contribution in [1.29, 1.82) is 0 Å². The van der Waals surface area contributed by atoms with Gasteiger partial charge < -0.3 is 26.6 Å². The van der Waals surface area contributed by atoms with E-state index in [1.165, 1.54) is 23.5 Å². The first-order valence-electron chi connectivity index (χ1n) is 9.91. The smallest absolute Gasteiger partial charge is 0.240 e. The van der Waals surface area contributed by atoms with E-state index in [-0.39, 0.29) is 43.3 Å². The number of hydrogen-bond donors (Lipinski definition) is 5. The number of phenols is 1. The molecule has 1 heterocycles. The second-order valence-electron chi connectivity index (χ2n) is 7.52. The van der Waals surface area contributed by atoms with Gasteiger partial charge in [-0.25, -0.2) is 4.98 Å². The topological polar surface area (TPSA) is 155 Å². The predicted octanol–water partition coefficient (Wildman–Crippen LogP) is 1.34. The second-order valence-corrected chi connectivity index (χ2v) is 8.63. The maximum Gasteiger partial charge on any atom is 0.240 e. The van der Waals surface area contributed by atoms with Gasteiger partial charge in [0.25, 0.3) is 0 Å². The highest BCUT2D eigenvalue weighted by Crippen LogP contribution is 2.21. The van der Waals surface area contributed by atoms with Gasteiger partial charge in [0.05, 0.1) is 17.5 Å². The molecule has 0 fully saturated rings. The summed E-state index contributed by atoms with van der Waals surface area (Å²) in [4.78, 5) is 41.6. The summed E-state index contributed by atoms with van der Waals surface area (Å²) in [5.74, 6) is -1.22. The number of anilines is 1. The van der Waals surface area contributed by atoms with Crippen LogP contribution in [0, 0.1) is 5.92 Å². The molecule has 2 aromatic rings. The van der Waals surface area contributed by atoms with E-state index in [1.807, 2.05) is 13.8 Å². The molecule has 0 saturated heterocycles. The van der Waals surface area contributed by atoms with Gasteiger partial charge in [-0.2, -0.15) is 0 Å². The third-order valence-corrected chi connectivity index (χ3v) is 5.57. The quantitative estimate of drug-likeness (QED) is 0.328. The maximum atomic E-state index is 12.7. The molecule has 0 aliphatic heterocycles. The Morgan fingerprint density at radius 2 is 1.84 bits per heavy atom. The van der Waals surface area contributed by atoms with Gasteiger partial charge in [0, 0.05) is 25.5 Å². The number of phenolic OH excluding ortho intramolecular Hbond substituents is 1. The number of primary amides is 1. The van der Waals surface area contributed by atoms with Gasteiger partial charge >= 0.3 is 0 Å². The monoisotopic (exact) mass is 448 g/mol. The van der Waals surface area contributed by atoms with Crippen LogP contribution in [0.1, 0.15) is 37.1 Å². The fourth-order valence-electron chi connectivity index (χ4n) is 2.95. The number of carbonyl (C=O) groups excluding carboxylic acids is 3. The Bertz CT molecular complexity index is 897. The third kappa shape index (κ3) is 7.65. The van der Waals surface area contributed by atoms with Crippen molar-refractivity contribution in [2.24, 2.45) is 11.7 Å². The maximum absolute atomic E-state index is 12.7. The third-order valence-electron chi connectivity index (χ3n) is 4.66. The molecule has 168 valence electrons. The molecule has 1 aromatic carbocycles. The first kappa shape index (κ1) is 24.3. The molecule has 0 aliphatic rings. The molecule has 9 nitrogen and oxygen atoms in total. The number of amides is 2. The van der Waals surface area contributed by atoms with E-state index in [4.69, 9.17) is 10.8 Å². The van der Waals surface area contributed by atoms with Gasteiger partial charge in [-0.15, -0.1) is 0 Å². The summed E-state index contributed by atoms with van der Waals surface area (Å²) in [7, 11) is 0. The Morgan fingerprint density at radius 3 is 2.39 bits per heavy atom. The summed E-state index contributed by atoms with van der Waals surface area (Å²) in [5, 5.41) is 24.7. The highest BCUT2D eigenvalue weighted by molar-refractivity contribution is 7.15. The average molecular weight is 449 g/mol. The minimum atomic E-state index is -0.918. The SMILES string of the molecule is CC(C)C(Nc1ncc(CO)s1)C(=O)CCC(=O)N[C@@H](Cc1ccc(O)cc1)C(N)=O. The lowest BCUT2D eigenvalue weighted by Crippen LogP contribution is -2.46. The molecule has 10 heteroatoms. The zero-order chi connectivity index (χ0) is 23.0. The Labute approximate surface area is 184 Å².